The van der Waals surface area contributed by atoms with Gasteiger partial charge in [-0.1, -0.05) is 18.2 Å². The smallest absolute Gasteiger partial charge is 0.355 e. The van der Waals surface area contributed by atoms with E-state index in [2.05, 4.69) is 5.32 Å². The lowest BCUT2D eigenvalue weighted by atomic mass is 10.0. The topological polar surface area (TPSA) is 86.6 Å². The number of fused-ring (bicyclic) bond motifs is 1. The van der Waals surface area contributed by atoms with Crippen LogP contribution in [-0.4, -0.2) is 30.7 Å². The standard InChI is InChI=1S/C26H20F2N2O5/c1-34-17-9-10-18-22(13-17)30(16-6-4-3-5-7-16)23(26(33)35-2)19(24(18)31)14-29-25(32)15-8-11-20(27)21(28)12-15/h3-13H,14H2,1-2H3,(H,29,32). The maximum Gasteiger partial charge on any atom is 0.355 e. The summed E-state index contributed by atoms with van der Waals surface area (Å²) >= 11 is 0. The molecular weight excluding hydrogens is 458 g/mol. The van der Waals surface area contributed by atoms with E-state index in [1.807, 2.05) is 0 Å². The number of nitrogens with one attached hydrogen (secondary N) is 1. The summed E-state index contributed by atoms with van der Waals surface area (Å²) in [6, 6.07) is 16.3. The Kier molecular flexibility index (Phi) is 6.59. The van der Waals surface area contributed by atoms with E-state index in [4.69, 9.17) is 9.47 Å². The van der Waals surface area contributed by atoms with E-state index in [9.17, 15) is 23.2 Å². The van der Waals surface area contributed by atoms with Gasteiger partial charge in [-0.25, -0.2) is 13.6 Å². The van der Waals surface area contributed by atoms with Gasteiger partial charge in [0.2, 0.25) is 0 Å². The Bertz CT molecular complexity index is 1500. The third kappa shape index (κ3) is 4.48. The van der Waals surface area contributed by atoms with Crippen LogP contribution in [0.5, 0.6) is 5.75 Å². The van der Waals surface area contributed by atoms with Gasteiger partial charge in [0.05, 0.1) is 25.3 Å². The number of para-hydroxylation sites is 1. The zero-order valence-electron chi connectivity index (χ0n) is 18.8. The molecule has 0 unspecified atom stereocenters. The highest BCUT2D eigenvalue weighted by Crippen LogP contribution is 2.26. The zero-order valence-corrected chi connectivity index (χ0v) is 18.8. The molecule has 7 nitrogen and oxygen atoms in total. The predicted molar refractivity (Wildman–Crippen MR) is 125 cm³/mol. The van der Waals surface area contributed by atoms with Gasteiger partial charge in [0.25, 0.3) is 5.91 Å². The summed E-state index contributed by atoms with van der Waals surface area (Å²) in [5.74, 6) is -3.35. The summed E-state index contributed by atoms with van der Waals surface area (Å²) in [5, 5.41) is 2.79. The molecule has 0 aliphatic heterocycles. The van der Waals surface area contributed by atoms with Crippen LogP contribution in [0, 0.1) is 11.6 Å². The first-order valence-corrected chi connectivity index (χ1v) is 10.5. The molecule has 1 heterocycles. The number of esters is 1. The molecule has 0 spiro atoms. The Morgan fingerprint density at radius 2 is 1.69 bits per heavy atom. The van der Waals surface area contributed by atoms with Crippen LogP contribution in [0.1, 0.15) is 26.4 Å². The van der Waals surface area contributed by atoms with E-state index in [1.54, 1.807) is 53.1 Å². The van der Waals surface area contributed by atoms with Crippen LogP contribution in [0.4, 0.5) is 8.78 Å². The summed E-state index contributed by atoms with van der Waals surface area (Å²) in [4.78, 5) is 39.0. The van der Waals surface area contributed by atoms with Crippen LogP contribution in [0.25, 0.3) is 16.6 Å². The molecule has 0 saturated carbocycles. The Morgan fingerprint density at radius 1 is 0.943 bits per heavy atom. The second kappa shape index (κ2) is 9.76. The van der Waals surface area contributed by atoms with Crippen molar-refractivity contribution in [2.24, 2.45) is 0 Å². The maximum absolute atomic E-state index is 13.6. The van der Waals surface area contributed by atoms with E-state index in [-0.39, 0.29) is 28.8 Å². The summed E-state index contributed by atoms with van der Waals surface area (Å²) in [7, 11) is 2.66. The van der Waals surface area contributed by atoms with Crippen molar-refractivity contribution >= 4 is 22.8 Å². The largest absolute Gasteiger partial charge is 0.497 e. The van der Waals surface area contributed by atoms with E-state index in [0.29, 0.717) is 17.0 Å². The molecule has 0 atom stereocenters. The van der Waals surface area contributed by atoms with Gasteiger partial charge in [-0.05, 0) is 42.5 Å². The van der Waals surface area contributed by atoms with Crippen LogP contribution in [0.2, 0.25) is 0 Å². The second-order valence-corrected chi connectivity index (χ2v) is 7.51. The normalized spacial score (nSPS) is 10.7. The van der Waals surface area contributed by atoms with Crippen LogP contribution in [0.15, 0.2) is 71.5 Å². The van der Waals surface area contributed by atoms with Crippen molar-refractivity contribution in [2.45, 2.75) is 6.54 Å². The summed E-state index contributed by atoms with van der Waals surface area (Å²) in [5.41, 5.74) is 0.207. The number of aromatic nitrogens is 1. The molecule has 178 valence electrons. The number of halogens is 2. The van der Waals surface area contributed by atoms with Gasteiger partial charge in [-0.2, -0.15) is 0 Å². The molecule has 4 rings (SSSR count). The van der Waals surface area contributed by atoms with Crippen molar-refractivity contribution in [1.82, 2.24) is 9.88 Å². The predicted octanol–water partition coefficient (Wildman–Crippen LogP) is 3.99. The van der Waals surface area contributed by atoms with E-state index >= 15 is 0 Å². The van der Waals surface area contributed by atoms with Gasteiger partial charge < -0.3 is 19.4 Å². The number of pyridine rings is 1. The van der Waals surface area contributed by atoms with Crippen molar-refractivity contribution in [3.05, 3.63) is 105 Å². The maximum atomic E-state index is 13.6. The molecule has 0 aliphatic carbocycles. The third-order valence-corrected chi connectivity index (χ3v) is 5.47. The summed E-state index contributed by atoms with van der Waals surface area (Å²) in [6.45, 7) is -0.365. The number of hydrogen-bond donors (Lipinski definition) is 1. The van der Waals surface area contributed by atoms with Crippen LogP contribution in [-0.2, 0) is 11.3 Å². The quantitative estimate of drug-likeness (QED) is 0.424. The molecule has 1 amide bonds. The number of ether oxygens (including phenoxy) is 2. The lowest BCUT2D eigenvalue weighted by Crippen LogP contribution is -2.31. The number of rotatable bonds is 6. The molecule has 4 aromatic rings. The molecule has 0 bridgehead atoms. The first-order valence-electron chi connectivity index (χ1n) is 10.5. The number of hydrogen-bond acceptors (Lipinski definition) is 5. The highest BCUT2D eigenvalue weighted by Gasteiger charge is 2.25. The fourth-order valence-electron chi connectivity index (χ4n) is 3.77. The Labute approximate surface area is 198 Å². The van der Waals surface area contributed by atoms with Crippen molar-refractivity contribution < 1.29 is 27.8 Å². The number of nitrogens with zero attached hydrogens (tertiary/aromatic N) is 1. The first-order chi connectivity index (χ1) is 16.8. The molecule has 1 aromatic heterocycles. The minimum absolute atomic E-state index is 0.0331. The molecule has 3 aromatic carbocycles. The van der Waals surface area contributed by atoms with Crippen LogP contribution >= 0.6 is 0 Å². The van der Waals surface area contributed by atoms with E-state index in [1.165, 1.54) is 14.2 Å². The van der Waals surface area contributed by atoms with Gasteiger partial charge in [0.15, 0.2) is 17.1 Å². The number of carbonyl (C=O) groups excluding carboxylic acids is 2. The number of benzene rings is 3. The van der Waals surface area contributed by atoms with Crippen LogP contribution < -0.4 is 15.5 Å². The minimum Gasteiger partial charge on any atom is -0.497 e. The minimum atomic E-state index is -1.18. The van der Waals surface area contributed by atoms with Gasteiger partial charge in [0, 0.05) is 29.2 Å². The summed E-state index contributed by atoms with van der Waals surface area (Å²) < 4.78 is 38.7. The SMILES string of the molecule is COC(=O)c1c(CNC(=O)c2ccc(F)c(F)c2)c(=O)c2ccc(OC)cc2n1-c1ccccc1. The average Bonchev–Trinajstić information content (AvgIpc) is 2.89. The number of carbonyl (C=O) groups is 2. The summed E-state index contributed by atoms with van der Waals surface area (Å²) in [6.07, 6.45) is 0. The van der Waals surface area contributed by atoms with Crippen LogP contribution in [0.3, 0.4) is 0 Å². The molecule has 9 heteroatoms. The molecule has 0 aliphatic rings. The molecular formula is C26H20F2N2O5. The fourth-order valence-corrected chi connectivity index (χ4v) is 3.77. The second-order valence-electron chi connectivity index (χ2n) is 7.51. The fraction of sp³-hybridized carbons (Fsp3) is 0.115. The average molecular weight is 478 g/mol. The zero-order chi connectivity index (χ0) is 25.1. The van der Waals surface area contributed by atoms with Crippen molar-refractivity contribution in [1.29, 1.82) is 0 Å². The molecule has 35 heavy (non-hydrogen) atoms. The van der Waals surface area contributed by atoms with Gasteiger partial charge >= 0.3 is 5.97 Å². The number of amides is 1. The van der Waals surface area contributed by atoms with E-state index < -0.39 is 28.9 Å². The number of methoxy groups -OCH3 is 2. The Balaban J connectivity index is 1.91. The molecule has 0 saturated heterocycles. The van der Waals surface area contributed by atoms with Gasteiger partial charge in [0.1, 0.15) is 11.4 Å². The van der Waals surface area contributed by atoms with Gasteiger partial charge in [-0.15, -0.1) is 0 Å². The molecule has 1 N–H and O–H groups in total. The first kappa shape index (κ1) is 23.6. The Morgan fingerprint density at radius 3 is 2.34 bits per heavy atom. The van der Waals surface area contributed by atoms with Crippen molar-refractivity contribution in [3.8, 4) is 11.4 Å². The van der Waals surface area contributed by atoms with Crippen molar-refractivity contribution in [3.63, 3.8) is 0 Å². The third-order valence-electron chi connectivity index (χ3n) is 5.47. The monoisotopic (exact) mass is 478 g/mol. The lowest BCUT2D eigenvalue weighted by molar-refractivity contribution is 0.0588. The lowest BCUT2D eigenvalue weighted by Gasteiger charge is -2.20. The van der Waals surface area contributed by atoms with Crippen molar-refractivity contribution in [2.75, 3.05) is 14.2 Å². The highest BCUT2D eigenvalue weighted by molar-refractivity contribution is 5.97. The van der Waals surface area contributed by atoms with Gasteiger partial charge in [-0.3, -0.25) is 9.59 Å². The Hall–Kier alpha value is -4.53. The highest BCUT2D eigenvalue weighted by atomic mass is 19.2. The molecule has 0 fully saturated rings. The molecule has 0 radical (unpaired) electrons. The van der Waals surface area contributed by atoms with E-state index in [0.717, 1.165) is 18.2 Å².